The summed E-state index contributed by atoms with van der Waals surface area (Å²) >= 11 is 1.47. The Labute approximate surface area is 138 Å². The summed E-state index contributed by atoms with van der Waals surface area (Å²) in [5, 5.41) is 13.0. The van der Waals surface area contributed by atoms with Crippen LogP contribution in [0.4, 0.5) is 11.6 Å². The molecule has 2 rings (SSSR count). The van der Waals surface area contributed by atoms with Crippen LogP contribution in [-0.2, 0) is 17.1 Å². The van der Waals surface area contributed by atoms with Crippen LogP contribution in [-0.4, -0.2) is 47.5 Å². The Bertz CT molecular complexity index is 625. The van der Waals surface area contributed by atoms with E-state index in [1.165, 1.54) is 11.8 Å². The summed E-state index contributed by atoms with van der Waals surface area (Å²) < 4.78 is 10.3. The molecule has 0 saturated heterocycles. The highest BCUT2D eigenvalue weighted by Gasteiger charge is 2.12. The van der Waals surface area contributed by atoms with Gasteiger partial charge in [-0.15, -0.1) is 11.8 Å². The molecule has 0 aromatic carbocycles. The van der Waals surface area contributed by atoms with Crippen LogP contribution < -0.4 is 10.6 Å². The van der Waals surface area contributed by atoms with Gasteiger partial charge in [0.2, 0.25) is 17.5 Å². The van der Waals surface area contributed by atoms with Crippen LogP contribution in [0.2, 0.25) is 0 Å². The number of nitrogens with zero attached hydrogens (tertiary/aromatic N) is 3. The zero-order chi connectivity index (χ0) is 16.7. The van der Waals surface area contributed by atoms with Crippen LogP contribution in [0.25, 0.3) is 0 Å². The third-order valence-corrected chi connectivity index (χ3v) is 3.71. The van der Waals surface area contributed by atoms with Crippen molar-refractivity contribution in [3.8, 4) is 0 Å². The first-order chi connectivity index (χ1) is 11.1. The monoisotopic (exact) mass is 339 g/mol. The van der Waals surface area contributed by atoms with Crippen LogP contribution in [0.3, 0.4) is 0 Å². The van der Waals surface area contributed by atoms with E-state index in [4.69, 9.17) is 4.42 Å². The van der Waals surface area contributed by atoms with Gasteiger partial charge >= 0.3 is 0 Å². The number of hydrogen-bond acceptors (Lipinski definition) is 8. The van der Waals surface area contributed by atoms with E-state index in [1.807, 2.05) is 38.1 Å². The molecule has 8 nitrogen and oxygen atoms in total. The first-order valence-electron chi connectivity index (χ1n) is 7.24. The lowest BCUT2D eigenvalue weighted by Crippen LogP contribution is -2.15. The number of rotatable bonds is 9. The van der Waals surface area contributed by atoms with Gasteiger partial charge in [0.15, 0.2) is 0 Å². The molecule has 0 aliphatic rings. The lowest BCUT2D eigenvalue weighted by molar-refractivity contribution is -0.113. The molecule has 126 valence electrons. The highest BCUT2D eigenvalue weighted by Crippen LogP contribution is 2.18. The van der Waals surface area contributed by atoms with Gasteiger partial charge in [0.25, 0.3) is 0 Å². The van der Waals surface area contributed by atoms with Gasteiger partial charge in [0.05, 0.1) is 18.1 Å². The molecule has 1 amide bonds. The van der Waals surface area contributed by atoms with Crippen molar-refractivity contribution in [1.29, 1.82) is 0 Å². The number of nitrogens with one attached hydrogen (secondary N) is 2. The van der Waals surface area contributed by atoms with Gasteiger partial charge in [-0.25, -0.2) is 4.63 Å². The SMILES string of the molecule is CCNc1nonc1NC(=O)CSCc1ccc(CN(C)C)o1. The summed E-state index contributed by atoms with van der Waals surface area (Å²) in [6, 6.07) is 3.90. The van der Waals surface area contributed by atoms with E-state index in [2.05, 4.69) is 25.6 Å². The van der Waals surface area contributed by atoms with Crippen molar-refractivity contribution < 1.29 is 13.8 Å². The minimum atomic E-state index is -0.162. The highest BCUT2D eigenvalue weighted by atomic mass is 32.2. The molecule has 0 atom stereocenters. The minimum Gasteiger partial charge on any atom is -0.464 e. The van der Waals surface area contributed by atoms with Gasteiger partial charge in [0, 0.05) is 6.54 Å². The summed E-state index contributed by atoms with van der Waals surface area (Å²) in [6.07, 6.45) is 0. The molecular formula is C14H21N5O3S. The maximum atomic E-state index is 11.9. The van der Waals surface area contributed by atoms with E-state index < -0.39 is 0 Å². The van der Waals surface area contributed by atoms with Crippen LogP contribution in [0.15, 0.2) is 21.2 Å². The van der Waals surface area contributed by atoms with Gasteiger partial charge in [-0.2, -0.15) is 0 Å². The number of anilines is 2. The number of aromatic nitrogens is 2. The number of hydrogen-bond donors (Lipinski definition) is 2. The van der Waals surface area contributed by atoms with E-state index in [0.717, 1.165) is 18.1 Å². The first kappa shape index (κ1) is 17.4. The standard InChI is InChI=1S/C14H21N5O3S/c1-4-15-13-14(18-22-17-13)16-12(20)9-23-8-11-6-5-10(21-11)7-19(2)3/h5-6H,4,7-9H2,1-3H3,(H,15,17)(H,16,18,20). The first-order valence-corrected chi connectivity index (χ1v) is 8.40. The Kier molecular flexibility index (Phi) is 6.48. The maximum absolute atomic E-state index is 11.9. The number of thioether (sulfide) groups is 1. The normalized spacial score (nSPS) is 11.0. The average molecular weight is 339 g/mol. The van der Waals surface area contributed by atoms with Crippen LogP contribution >= 0.6 is 11.8 Å². The van der Waals surface area contributed by atoms with Crippen molar-refractivity contribution in [2.24, 2.45) is 0 Å². The molecule has 0 spiro atoms. The van der Waals surface area contributed by atoms with Crippen LogP contribution in [0.1, 0.15) is 18.4 Å². The predicted molar refractivity (Wildman–Crippen MR) is 89.4 cm³/mol. The number of furan rings is 1. The predicted octanol–water partition coefficient (Wildman–Crippen LogP) is 2.03. The zero-order valence-electron chi connectivity index (χ0n) is 13.5. The van der Waals surface area contributed by atoms with Crippen molar-refractivity contribution in [3.05, 3.63) is 23.7 Å². The summed E-state index contributed by atoms with van der Waals surface area (Å²) in [4.78, 5) is 13.9. The fourth-order valence-corrected chi connectivity index (χ4v) is 2.58. The largest absolute Gasteiger partial charge is 0.464 e. The topological polar surface area (TPSA) is 96.4 Å². The summed E-state index contributed by atoms with van der Waals surface area (Å²) in [5.74, 6) is 3.29. The number of carbonyl (C=O) groups excluding carboxylic acids is 1. The van der Waals surface area contributed by atoms with Crippen molar-refractivity contribution >= 4 is 29.3 Å². The van der Waals surface area contributed by atoms with Crippen LogP contribution in [0, 0.1) is 0 Å². The molecule has 2 N–H and O–H groups in total. The summed E-state index contributed by atoms with van der Waals surface area (Å²) in [6.45, 7) is 3.35. The quantitative estimate of drug-likeness (QED) is 0.716. The highest BCUT2D eigenvalue weighted by molar-refractivity contribution is 7.99. The molecule has 2 aromatic rings. The van der Waals surface area contributed by atoms with E-state index in [1.54, 1.807) is 0 Å². The van der Waals surface area contributed by atoms with E-state index in [0.29, 0.717) is 29.7 Å². The lowest BCUT2D eigenvalue weighted by atomic mass is 10.4. The molecule has 0 unspecified atom stereocenters. The minimum absolute atomic E-state index is 0.162. The van der Waals surface area contributed by atoms with E-state index >= 15 is 0 Å². The lowest BCUT2D eigenvalue weighted by Gasteiger charge is -2.05. The second-order valence-electron chi connectivity index (χ2n) is 5.14. The average Bonchev–Trinajstić information content (AvgIpc) is 3.09. The third-order valence-electron chi connectivity index (χ3n) is 2.76. The summed E-state index contributed by atoms with van der Waals surface area (Å²) in [7, 11) is 3.98. The Balaban J connectivity index is 1.74. The van der Waals surface area contributed by atoms with Gasteiger partial charge in [0.1, 0.15) is 11.5 Å². The molecule has 0 bridgehead atoms. The fraction of sp³-hybridized carbons (Fsp3) is 0.500. The van der Waals surface area contributed by atoms with Gasteiger partial charge in [-0.1, -0.05) is 0 Å². The Morgan fingerprint density at radius 3 is 2.74 bits per heavy atom. The zero-order valence-corrected chi connectivity index (χ0v) is 14.3. The molecule has 0 saturated carbocycles. The van der Waals surface area contributed by atoms with E-state index in [9.17, 15) is 4.79 Å². The molecular weight excluding hydrogens is 318 g/mol. The molecule has 0 fully saturated rings. The second kappa shape index (κ2) is 8.59. The second-order valence-corrected chi connectivity index (χ2v) is 6.12. The summed E-state index contributed by atoms with van der Waals surface area (Å²) in [5.41, 5.74) is 0. The molecule has 0 radical (unpaired) electrons. The van der Waals surface area contributed by atoms with Gasteiger partial charge < -0.3 is 20.0 Å². The molecule has 2 heterocycles. The number of amides is 1. The van der Waals surface area contributed by atoms with Crippen molar-refractivity contribution in [2.75, 3.05) is 37.0 Å². The third kappa shape index (κ3) is 5.61. The van der Waals surface area contributed by atoms with Crippen molar-refractivity contribution in [1.82, 2.24) is 15.2 Å². The van der Waals surface area contributed by atoms with Crippen molar-refractivity contribution in [2.45, 2.75) is 19.2 Å². The maximum Gasteiger partial charge on any atom is 0.235 e. The molecule has 0 aliphatic carbocycles. The molecule has 2 aromatic heterocycles. The van der Waals surface area contributed by atoms with Crippen molar-refractivity contribution in [3.63, 3.8) is 0 Å². The fourth-order valence-electron chi connectivity index (χ4n) is 1.86. The Hall–Kier alpha value is -2.00. The Morgan fingerprint density at radius 2 is 2.00 bits per heavy atom. The molecule has 9 heteroatoms. The van der Waals surface area contributed by atoms with Gasteiger partial charge in [-0.05, 0) is 43.5 Å². The molecule has 0 aliphatic heterocycles. The number of carbonyl (C=O) groups is 1. The van der Waals surface area contributed by atoms with Crippen LogP contribution in [0.5, 0.6) is 0 Å². The smallest absolute Gasteiger partial charge is 0.235 e. The van der Waals surface area contributed by atoms with E-state index in [-0.39, 0.29) is 5.91 Å². The van der Waals surface area contributed by atoms with Gasteiger partial charge in [-0.3, -0.25) is 4.79 Å². The molecule has 23 heavy (non-hydrogen) atoms. The Morgan fingerprint density at radius 1 is 1.26 bits per heavy atom.